The van der Waals surface area contributed by atoms with E-state index in [1.807, 2.05) is 6.08 Å². The predicted octanol–water partition coefficient (Wildman–Crippen LogP) is 10.7. The van der Waals surface area contributed by atoms with Crippen molar-refractivity contribution in [2.24, 2.45) is 0 Å². The van der Waals surface area contributed by atoms with Crippen molar-refractivity contribution in [2.75, 3.05) is 13.2 Å². The molecule has 0 aromatic rings. The van der Waals surface area contributed by atoms with E-state index < -0.39 is 49.5 Å². The van der Waals surface area contributed by atoms with E-state index in [2.05, 4.69) is 116 Å². The van der Waals surface area contributed by atoms with Crippen LogP contribution < -0.4 is 5.32 Å². The molecule has 1 saturated heterocycles. The molecule has 62 heavy (non-hydrogen) atoms. The fourth-order valence-corrected chi connectivity index (χ4v) is 6.75. The number of aliphatic hydroxyl groups excluding tert-OH is 5. The zero-order chi connectivity index (χ0) is 45.1. The molecule has 1 rings (SSSR count). The molecule has 0 aliphatic carbocycles. The van der Waals surface area contributed by atoms with Crippen molar-refractivity contribution in [3.05, 3.63) is 109 Å². The molecular formula is C53H87NO8. The number of nitrogens with one attached hydrogen (secondary N) is 1. The van der Waals surface area contributed by atoms with E-state index in [0.29, 0.717) is 6.42 Å². The van der Waals surface area contributed by atoms with E-state index >= 15 is 0 Å². The van der Waals surface area contributed by atoms with Crippen molar-refractivity contribution < 1.29 is 39.8 Å². The van der Waals surface area contributed by atoms with Crippen LogP contribution in [0.2, 0.25) is 0 Å². The first kappa shape index (κ1) is 56.9. The fourth-order valence-electron chi connectivity index (χ4n) is 6.75. The lowest BCUT2D eigenvalue weighted by Crippen LogP contribution is -2.60. The minimum absolute atomic E-state index is 0.232. The van der Waals surface area contributed by atoms with Gasteiger partial charge in [0.2, 0.25) is 5.91 Å². The van der Waals surface area contributed by atoms with Gasteiger partial charge in [-0.15, -0.1) is 0 Å². The zero-order valence-electron chi connectivity index (χ0n) is 38.6. The summed E-state index contributed by atoms with van der Waals surface area (Å²) in [7, 11) is 0. The highest BCUT2D eigenvalue weighted by molar-refractivity contribution is 5.76. The molecule has 0 spiro atoms. The van der Waals surface area contributed by atoms with Crippen LogP contribution in [0.4, 0.5) is 0 Å². The summed E-state index contributed by atoms with van der Waals surface area (Å²) in [4.78, 5) is 13.0. The lowest BCUT2D eigenvalue weighted by Gasteiger charge is -2.40. The molecule has 0 radical (unpaired) electrons. The number of hydrogen-bond donors (Lipinski definition) is 6. The second-order valence-corrected chi connectivity index (χ2v) is 16.2. The second-order valence-electron chi connectivity index (χ2n) is 16.2. The third-order valence-corrected chi connectivity index (χ3v) is 10.6. The highest BCUT2D eigenvalue weighted by Gasteiger charge is 2.44. The number of unbranched alkanes of at least 4 members (excludes halogenated alkanes) is 12. The molecule has 1 fully saturated rings. The molecule has 1 aliphatic heterocycles. The topological polar surface area (TPSA) is 149 Å². The summed E-state index contributed by atoms with van der Waals surface area (Å²) in [6.07, 6.45) is 54.2. The van der Waals surface area contributed by atoms with Crippen LogP contribution in [0.15, 0.2) is 109 Å². The number of amides is 1. The van der Waals surface area contributed by atoms with E-state index in [0.717, 1.165) is 70.6 Å². The lowest BCUT2D eigenvalue weighted by atomic mass is 9.99. The van der Waals surface area contributed by atoms with Crippen LogP contribution in [-0.2, 0) is 14.3 Å². The van der Waals surface area contributed by atoms with Gasteiger partial charge in [-0.25, -0.2) is 0 Å². The van der Waals surface area contributed by atoms with E-state index in [-0.39, 0.29) is 18.9 Å². The van der Waals surface area contributed by atoms with Gasteiger partial charge in [0.05, 0.1) is 25.4 Å². The Morgan fingerprint density at radius 2 is 1.02 bits per heavy atom. The number of hydrogen-bond acceptors (Lipinski definition) is 8. The molecule has 1 aliphatic rings. The van der Waals surface area contributed by atoms with E-state index in [1.165, 1.54) is 64.2 Å². The zero-order valence-corrected chi connectivity index (χ0v) is 38.6. The summed E-state index contributed by atoms with van der Waals surface area (Å²) in [5.74, 6) is -0.250. The molecule has 6 N–H and O–H groups in total. The number of carbonyl (C=O) groups excluding carboxylic acids is 1. The Bertz CT molecular complexity index is 1330. The van der Waals surface area contributed by atoms with Crippen LogP contribution in [0.25, 0.3) is 0 Å². The average Bonchev–Trinajstić information content (AvgIpc) is 3.27. The van der Waals surface area contributed by atoms with Crippen LogP contribution in [0.5, 0.6) is 0 Å². The smallest absolute Gasteiger partial charge is 0.220 e. The third-order valence-electron chi connectivity index (χ3n) is 10.6. The highest BCUT2D eigenvalue weighted by Crippen LogP contribution is 2.22. The van der Waals surface area contributed by atoms with Gasteiger partial charge >= 0.3 is 0 Å². The molecule has 0 aromatic heterocycles. The molecule has 7 atom stereocenters. The summed E-state index contributed by atoms with van der Waals surface area (Å²) in [5.41, 5.74) is 0. The number of allylic oxidation sites excluding steroid dienone is 17. The summed E-state index contributed by atoms with van der Waals surface area (Å²) < 4.78 is 11.2. The Kier molecular flexibility index (Phi) is 38.4. The Morgan fingerprint density at radius 1 is 0.565 bits per heavy atom. The third kappa shape index (κ3) is 31.7. The first-order valence-electron chi connectivity index (χ1n) is 24.1. The molecule has 7 unspecified atom stereocenters. The number of rotatable bonds is 38. The van der Waals surface area contributed by atoms with Crippen LogP contribution in [0.3, 0.4) is 0 Å². The predicted molar refractivity (Wildman–Crippen MR) is 257 cm³/mol. The van der Waals surface area contributed by atoms with Gasteiger partial charge in [0.15, 0.2) is 6.29 Å². The molecule has 0 saturated carbocycles. The quantitative estimate of drug-likeness (QED) is 0.0265. The molecule has 1 amide bonds. The standard InChI is InChI=1S/C53H87NO8/c1-3-5-7-9-11-13-15-17-19-21-22-23-24-25-26-27-29-31-33-35-37-39-41-43-49(57)54-46(45-61-53-52(60)51(59)50(58)48(44-55)62-53)47(56)42-40-38-36-34-32-30-28-20-18-16-14-12-10-8-6-4-2/h5,7,11,13,17,19,22-23,25-26,29,31-32,34-35,37,40,42,46-48,50-53,55-56,58-60H,3-4,6,8-10,12,14-16,18,20-21,24,27-28,30,33,36,38-39,41,43-45H2,1-2H3,(H,54,57)/b7-5-,13-11-,19-17-,23-22-,26-25-,31-29-,34-32+,37-35-,42-40+. The van der Waals surface area contributed by atoms with Crippen molar-refractivity contribution in [3.63, 3.8) is 0 Å². The summed E-state index contributed by atoms with van der Waals surface area (Å²) in [5, 5.41) is 54.2. The van der Waals surface area contributed by atoms with Gasteiger partial charge in [0, 0.05) is 6.42 Å². The molecule has 1 heterocycles. The minimum Gasteiger partial charge on any atom is -0.394 e. The maximum Gasteiger partial charge on any atom is 0.220 e. The molecular weight excluding hydrogens is 779 g/mol. The first-order valence-corrected chi connectivity index (χ1v) is 24.1. The van der Waals surface area contributed by atoms with E-state index in [1.54, 1.807) is 6.08 Å². The minimum atomic E-state index is -1.59. The molecule has 0 aromatic carbocycles. The lowest BCUT2D eigenvalue weighted by molar-refractivity contribution is -0.302. The number of carbonyl (C=O) groups is 1. The summed E-state index contributed by atoms with van der Waals surface area (Å²) >= 11 is 0. The number of ether oxygens (including phenoxy) is 2. The summed E-state index contributed by atoms with van der Waals surface area (Å²) in [6.45, 7) is 3.59. The molecule has 0 bridgehead atoms. The van der Waals surface area contributed by atoms with Gasteiger partial charge < -0.3 is 40.3 Å². The maximum absolute atomic E-state index is 13.0. The average molecular weight is 866 g/mol. The highest BCUT2D eigenvalue weighted by atomic mass is 16.7. The van der Waals surface area contributed by atoms with Crippen molar-refractivity contribution in [1.29, 1.82) is 0 Å². The molecule has 352 valence electrons. The van der Waals surface area contributed by atoms with E-state index in [4.69, 9.17) is 9.47 Å². The van der Waals surface area contributed by atoms with Crippen molar-refractivity contribution in [2.45, 2.75) is 204 Å². The molecule has 9 heteroatoms. The van der Waals surface area contributed by atoms with Gasteiger partial charge in [-0.05, 0) is 83.5 Å². The van der Waals surface area contributed by atoms with Crippen LogP contribution in [0, 0.1) is 0 Å². The van der Waals surface area contributed by atoms with Crippen molar-refractivity contribution in [3.8, 4) is 0 Å². The SMILES string of the molecule is CC/C=C\C/C=C\C/C=C\C/C=C\C/C=C\C/C=C\C/C=C\CCCC(=O)NC(COC1OC(CO)C(O)C(O)C1O)C(O)/C=C/CC/C=C/CCCCCCCCCCCC. The van der Waals surface area contributed by atoms with Crippen LogP contribution in [0.1, 0.15) is 162 Å². The van der Waals surface area contributed by atoms with Gasteiger partial charge in [-0.2, -0.15) is 0 Å². The Hall–Kier alpha value is -3.15. The van der Waals surface area contributed by atoms with Crippen molar-refractivity contribution >= 4 is 5.91 Å². The summed E-state index contributed by atoms with van der Waals surface area (Å²) in [6, 6.07) is -0.860. The second kappa shape index (κ2) is 41.8. The normalized spacial score (nSPS) is 21.3. The van der Waals surface area contributed by atoms with Gasteiger partial charge in [-0.1, -0.05) is 181 Å². The van der Waals surface area contributed by atoms with Gasteiger partial charge in [0.1, 0.15) is 24.4 Å². The van der Waals surface area contributed by atoms with E-state index in [9.17, 15) is 30.3 Å². The maximum atomic E-state index is 13.0. The van der Waals surface area contributed by atoms with Gasteiger partial charge in [0.25, 0.3) is 0 Å². The monoisotopic (exact) mass is 866 g/mol. The van der Waals surface area contributed by atoms with Gasteiger partial charge in [-0.3, -0.25) is 4.79 Å². The molecule has 9 nitrogen and oxygen atoms in total. The fraction of sp³-hybridized carbons (Fsp3) is 0.642. The Labute approximate surface area is 376 Å². The Balaban J connectivity index is 2.42. The largest absolute Gasteiger partial charge is 0.394 e. The number of aliphatic hydroxyl groups is 5. The van der Waals surface area contributed by atoms with Crippen LogP contribution >= 0.6 is 0 Å². The first-order chi connectivity index (χ1) is 30.3. The van der Waals surface area contributed by atoms with Crippen molar-refractivity contribution in [1.82, 2.24) is 5.32 Å². The van der Waals surface area contributed by atoms with Crippen LogP contribution in [-0.4, -0.2) is 87.5 Å². The Morgan fingerprint density at radius 3 is 1.55 bits per heavy atom.